The Morgan fingerprint density at radius 2 is 2.04 bits per heavy atom. The SMILES string of the molecule is Cc1cc(Cl)ccc1Oc1ccc(CN2CCC[C@@H]2C(=O)O)cc1. The number of rotatable bonds is 5. The van der Waals surface area contributed by atoms with E-state index in [0.717, 1.165) is 42.0 Å². The summed E-state index contributed by atoms with van der Waals surface area (Å²) in [6, 6.07) is 13.0. The minimum atomic E-state index is -0.731. The summed E-state index contributed by atoms with van der Waals surface area (Å²) in [6.07, 6.45) is 1.67. The van der Waals surface area contributed by atoms with E-state index in [0.29, 0.717) is 11.6 Å². The first-order valence-corrected chi connectivity index (χ1v) is 8.40. The van der Waals surface area contributed by atoms with Crippen molar-refractivity contribution in [3.63, 3.8) is 0 Å². The summed E-state index contributed by atoms with van der Waals surface area (Å²) >= 11 is 5.95. The molecule has 0 spiro atoms. The molecule has 1 N–H and O–H groups in total. The number of nitrogens with zero attached hydrogens (tertiary/aromatic N) is 1. The van der Waals surface area contributed by atoms with Crippen molar-refractivity contribution in [2.45, 2.75) is 32.4 Å². The molecule has 1 saturated heterocycles. The highest BCUT2D eigenvalue weighted by molar-refractivity contribution is 6.30. The number of aryl methyl sites for hydroxylation is 1. The van der Waals surface area contributed by atoms with E-state index in [4.69, 9.17) is 16.3 Å². The lowest BCUT2D eigenvalue weighted by Crippen LogP contribution is -2.35. The Labute approximate surface area is 146 Å². The molecule has 0 bridgehead atoms. The summed E-state index contributed by atoms with van der Waals surface area (Å²) in [4.78, 5) is 13.3. The van der Waals surface area contributed by atoms with Crippen LogP contribution in [0.3, 0.4) is 0 Å². The topological polar surface area (TPSA) is 49.8 Å². The lowest BCUT2D eigenvalue weighted by atomic mass is 10.1. The average molecular weight is 346 g/mol. The maximum absolute atomic E-state index is 11.2. The minimum absolute atomic E-state index is 0.363. The van der Waals surface area contributed by atoms with Crippen molar-refractivity contribution >= 4 is 17.6 Å². The Morgan fingerprint density at radius 1 is 1.29 bits per heavy atom. The van der Waals surface area contributed by atoms with Crippen molar-refractivity contribution in [1.82, 2.24) is 4.90 Å². The van der Waals surface area contributed by atoms with Crippen LogP contribution in [0.2, 0.25) is 5.02 Å². The van der Waals surface area contributed by atoms with E-state index >= 15 is 0 Å². The first kappa shape index (κ1) is 16.8. The number of carboxylic acid groups (broad SMARTS) is 1. The van der Waals surface area contributed by atoms with E-state index < -0.39 is 5.97 Å². The second-order valence-corrected chi connectivity index (χ2v) is 6.56. The summed E-state index contributed by atoms with van der Waals surface area (Å²) in [5.41, 5.74) is 2.07. The highest BCUT2D eigenvalue weighted by atomic mass is 35.5. The number of ether oxygens (including phenoxy) is 1. The summed E-state index contributed by atoms with van der Waals surface area (Å²) in [7, 11) is 0. The van der Waals surface area contributed by atoms with Gasteiger partial charge < -0.3 is 9.84 Å². The van der Waals surface area contributed by atoms with Crippen molar-refractivity contribution in [3.8, 4) is 11.5 Å². The summed E-state index contributed by atoms with van der Waals surface area (Å²) in [6.45, 7) is 3.44. The molecule has 1 heterocycles. The molecule has 1 aliphatic rings. The van der Waals surface area contributed by atoms with Crippen LogP contribution in [-0.4, -0.2) is 28.6 Å². The minimum Gasteiger partial charge on any atom is -0.480 e. The number of hydrogen-bond donors (Lipinski definition) is 1. The molecule has 4 nitrogen and oxygen atoms in total. The van der Waals surface area contributed by atoms with Gasteiger partial charge >= 0.3 is 5.97 Å². The van der Waals surface area contributed by atoms with Crippen LogP contribution < -0.4 is 4.74 Å². The molecular weight excluding hydrogens is 326 g/mol. The van der Waals surface area contributed by atoms with Gasteiger partial charge in [0, 0.05) is 11.6 Å². The molecule has 24 heavy (non-hydrogen) atoms. The normalized spacial score (nSPS) is 17.8. The van der Waals surface area contributed by atoms with Crippen LogP contribution >= 0.6 is 11.6 Å². The van der Waals surface area contributed by atoms with Crippen LogP contribution in [0.5, 0.6) is 11.5 Å². The van der Waals surface area contributed by atoms with Crippen molar-refractivity contribution in [2.75, 3.05) is 6.54 Å². The van der Waals surface area contributed by atoms with Gasteiger partial charge in [0.15, 0.2) is 0 Å². The van der Waals surface area contributed by atoms with Gasteiger partial charge in [-0.05, 0) is 67.8 Å². The molecule has 126 valence electrons. The van der Waals surface area contributed by atoms with Gasteiger partial charge in [0.2, 0.25) is 0 Å². The van der Waals surface area contributed by atoms with Gasteiger partial charge in [-0.1, -0.05) is 23.7 Å². The Balaban J connectivity index is 1.66. The first-order valence-electron chi connectivity index (χ1n) is 8.03. The lowest BCUT2D eigenvalue weighted by Gasteiger charge is -2.21. The fourth-order valence-corrected chi connectivity index (χ4v) is 3.27. The lowest BCUT2D eigenvalue weighted by molar-refractivity contribution is -0.142. The Kier molecular flexibility index (Phi) is 5.07. The van der Waals surface area contributed by atoms with E-state index in [1.165, 1.54) is 0 Å². The molecule has 1 aliphatic heterocycles. The molecule has 1 atom stereocenters. The molecular formula is C19H20ClNO3. The summed E-state index contributed by atoms with van der Waals surface area (Å²) in [5, 5.41) is 9.93. The molecule has 5 heteroatoms. The van der Waals surface area contributed by atoms with E-state index in [1.807, 2.05) is 48.2 Å². The van der Waals surface area contributed by atoms with Crippen molar-refractivity contribution in [3.05, 3.63) is 58.6 Å². The maximum Gasteiger partial charge on any atom is 0.320 e. The Morgan fingerprint density at radius 3 is 2.71 bits per heavy atom. The number of hydrogen-bond acceptors (Lipinski definition) is 3. The molecule has 3 rings (SSSR count). The number of halogens is 1. The zero-order valence-electron chi connectivity index (χ0n) is 13.5. The van der Waals surface area contributed by atoms with Gasteiger partial charge in [-0.2, -0.15) is 0 Å². The average Bonchev–Trinajstić information content (AvgIpc) is 3.00. The van der Waals surface area contributed by atoms with Crippen LogP contribution in [0.1, 0.15) is 24.0 Å². The zero-order valence-corrected chi connectivity index (χ0v) is 14.3. The van der Waals surface area contributed by atoms with Crippen LogP contribution in [0, 0.1) is 6.92 Å². The van der Waals surface area contributed by atoms with E-state index in [2.05, 4.69) is 0 Å². The molecule has 0 saturated carbocycles. The second kappa shape index (κ2) is 7.24. The van der Waals surface area contributed by atoms with Crippen LogP contribution in [0.15, 0.2) is 42.5 Å². The molecule has 0 radical (unpaired) electrons. The third-order valence-electron chi connectivity index (χ3n) is 4.32. The van der Waals surface area contributed by atoms with Gasteiger partial charge in [-0.15, -0.1) is 0 Å². The number of aliphatic carboxylic acids is 1. The van der Waals surface area contributed by atoms with E-state index in [-0.39, 0.29) is 6.04 Å². The smallest absolute Gasteiger partial charge is 0.320 e. The fraction of sp³-hybridized carbons (Fsp3) is 0.316. The van der Waals surface area contributed by atoms with Crippen LogP contribution in [0.25, 0.3) is 0 Å². The maximum atomic E-state index is 11.2. The van der Waals surface area contributed by atoms with Crippen molar-refractivity contribution < 1.29 is 14.6 Å². The Hall–Kier alpha value is -2.04. The highest BCUT2D eigenvalue weighted by Gasteiger charge is 2.30. The number of carbonyl (C=O) groups is 1. The predicted octanol–water partition coefficient (Wildman–Crippen LogP) is 4.49. The molecule has 2 aromatic carbocycles. The van der Waals surface area contributed by atoms with Gasteiger partial charge in [-0.25, -0.2) is 0 Å². The van der Waals surface area contributed by atoms with Gasteiger partial charge in [0.05, 0.1) is 0 Å². The quantitative estimate of drug-likeness (QED) is 0.867. The van der Waals surface area contributed by atoms with E-state index in [1.54, 1.807) is 6.07 Å². The van der Waals surface area contributed by atoms with Crippen LogP contribution in [-0.2, 0) is 11.3 Å². The molecule has 0 unspecified atom stereocenters. The van der Waals surface area contributed by atoms with Gasteiger partial charge in [0.1, 0.15) is 17.5 Å². The zero-order chi connectivity index (χ0) is 17.1. The number of carboxylic acids is 1. The fourth-order valence-electron chi connectivity index (χ4n) is 3.05. The molecule has 1 fully saturated rings. The second-order valence-electron chi connectivity index (χ2n) is 6.12. The third-order valence-corrected chi connectivity index (χ3v) is 4.56. The van der Waals surface area contributed by atoms with E-state index in [9.17, 15) is 9.90 Å². The third kappa shape index (κ3) is 3.89. The number of benzene rings is 2. The Bertz CT molecular complexity index is 730. The molecule has 2 aromatic rings. The largest absolute Gasteiger partial charge is 0.480 e. The predicted molar refractivity (Wildman–Crippen MR) is 93.8 cm³/mol. The van der Waals surface area contributed by atoms with Gasteiger partial charge in [0.25, 0.3) is 0 Å². The molecule has 0 aliphatic carbocycles. The van der Waals surface area contributed by atoms with Crippen LogP contribution in [0.4, 0.5) is 0 Å². The monoisotopic (exact) mass is 345 g/mol. The number of likely N-dealkylation sites (tertiary alicyclic amines) is 1. The van der Waals surface area contributed by atoms with Crippen molar-refractivity contribution in [2.24, 2.45) is 0 Å². The van der Waals surface area contributed by atoms with Crippen molar-refractivity contribution in [1.29, 1.82) is 0 Å². The van der Waals surface area contributed by atoms with Gasteiger partial charge in [-0.3, -0.25) is 9.69 Å². The molecule has 0 amide bonds. The highest BCUT2D eigenvalue weighted by Crippen LogP contribution is 2.28. The summed E-state index contributed by atoms with van der Waals surface area (Å²) < 4.78 is 5.88. The standard InChI is InChI=1S/C19H20ClNO3/c1-13-11-15(20)6-9-18(13)24-16-7-4-14(5-8-16)12-21-10-2-3-17(21)19(22)23/h4-9,11,17H,2-3,10,12H2,1H3,(H,22,23)/t17-/m1/s1. The molecule has 0 aromatic heterocycles. The first-order chi connectivity index (χ1) is 11.5. The summed E-state index contributed by atoms with van der Waals surface area (Å²) in [5.74, 6) is 0.795.